The van der Waals surface area contributed by atoms with Crippen molar-refractivity contribution in [2.45, 2.75) is 78.6 Å². The summed E-state index contributed by atoms with van der Waals surface area (Å²) in [4.78, 5) is 5.32. The molecule has 0 fully saturated rings. The van der Waals surface area contributed by atoms with E-state index in [0.717, 1.165) is 78.6 Å². The van der Waals surface area contributed by atoms with Crippen LogP contribution in [-0.2, 0) is 16.2 Å². The van der Waals surface area contributed by atoms with E-state index in [0.29, 0.717) is 0 Å². The van der Waals surface area contributed by atoms with Crippen LogP contribution in [0.2, 0.25) is 0 Å². The second kappa shape index (κ2) is 32.4. The van der Waals surface area contributed by atoms with Crippen LogP contribution in [0.4, 0.5) is 34.1 Å². The van der Waals surface area contributed by atoms with Crippen LogP contribution in [0.5, 0.6) is 0 Å². The molecule has 0 amide bonds. The summed E-state index contributed by atoms with van der Waals surface area (Å²) in [6, 6.07) is 173. The molecule has 20 rings (SSSR count). The van der Waals surface area contributed by atoms with Gasteiger partial charge >= 0.3 is 0 Å². The maximum Gasteiger partial charge on any atom is 0.252 e. The van der Waals surface area contributed by atoms with Crippen LogP contribution in [0, 0.1) is 0 Å². The smallest absolute Gasteiger partial charge is 0.252 e. The predicted molar refractivity (Wildman–Crippen MR) is 542 cm³/mol. The van der Waals surface area contributed by atoms with Gasteiger partial charge in [0.15, 0.2) is 16.1 Å². The minimum absolute atomic E-state index is 0.0525. The van der Waals surface area contributed by atoms with Gasteiger partial charge in [-0.05, 0) is 194 Å². The van der Waals surface area contributed by atoms with Crippen molar-refractivity contribution in [2.24, 2.45) is 0 Å². The lowest BCUT2D eigenvalue weighted by atomic mass is 9.33. The largest absolute Gasteiger partial charge is 0.311 e. The first kappa shape index (κ1) is 79.5. The van der Waals surface area contributed by atoms with Crippen LogP contribution >= 0.6 is 0 Å². The van der Waals surface area contributed by atoms with E-state index in [2.05, 4.69) is 521 Å². The number of benzene rings is 18. The number of nitrogens with zero attached hydrogens (tertiary/aromatic N) is 2. The maximum absolute atomic E-state index is 3.51. The number of fused-ring (bicyclic) bond motifs is 4. The first-order valence-electron chi connectivity index (χ1n) is 44.2. The van der Waals surface area contributed by atoms with Crippen molar-refractivity contribution >= 4 is 115 Å². The van der Waals surface area contributed by atoms with Crippen molar-refractivity contribution in [1.82, 2.24) is 0 Å². The molecule has 0 atom stereocenters. The van der Waals surface area contributed by atoms with Gasteiger partial charge in [0.2, 0.25) is 0 Å². The third kappa shape index (κ3) is 14.5. The third-order valence-electron chi connectivity index (χ3n) is 26.4. The molecule has 18 aromatic carbocycles. The van der Waals surface area contributed by atoms with Crippen molar-refractivity contribution in [3.8, 4) is 77.9 Å². The van der Waals surface area contributed by atoms with E-state index in [-0.39, 0.29) is 23.0 Å². The molecule has 2 aliphatic rings. The predicted octanol–water partition coefficient (Wildman–Crippen LogP) is 24.1. The van der Waals surface area contributed by atoms with E-state index < -0.39 is 16.1 Å². The lowest BCUT2D eigenvalue weighted by Gasteiger charge is -2.45. The van der Waals surface area contributed by atoms with E-state index in [1.165, 1.54) is 108 Å². The molecule has 0 radical (unpaired) electrons. The third-order valence-corrected chi connectivity index (χ3v) is 35.8. The van der Waals surface area contributed by atoms with Crippen molar-refractivity contribution in [3.05, 3.63) is 466 Å². The monoisotopic (exact) mass is 1640 g/mol. The molecule has 0 N–H and O–H groups in total. The van der Waals surface area contributed by atoms with E-state index in [1.807, 2.05) is 0 Å². The molecule has 0 saturated carbocycles. The van der Waals surface area contributed by atoms with Crippen molar-refractivity contribution in [2.75, 3.05) is 9.80 Å². The summed E-state index contributed by atoms with van der Waals surface area (Å²) in [5, 5.41) is 10.4. The fourth-order valence-corrected chi connectivity index (χ4v) is 29.9. The van der Waals surface area contributed by atoms with Crippen molar-refractivity contribution in [1.29, 1.82) is 0 Å². The van der Waals surface area contributed by atoms with Gasteiger partial charge < -0.3 is 9.80 Å². The lowest BCUT2D eigenvalue weighted by molar-refractivity contribution is 0.569. The van der Waals surface area contributed by atoms with Crippen LogP contribution in [0.25, 0.3) is 77.9 Å². The molecule has 0 aromatic heterocycles. The Labute approximate surface area is 741 Å². The molecule has 0 spiro atoms. The number of hydrogen-bond donors (Lipinski definition) is 0. The highest BCUT2D eigenvalue weighted by molar-refractivity contribution is 7.22. The van der Waals surface area contributed by atoms with Crippen molar-refractivity contribution < 1.29 is 0 Å². The quantitative estimate of drug-likeness (QED) is 0.0662. The molecule has 125 heavy (non-hydrogen) atoms. The molecule has 18 aromatic rings. The lowest BCUT2D eigenvalue weighted by Crippen LogP contribution is -2.78. The fraction of sp³-hybridized carbons (Fsp3) is 0.100. The second-order valence-electron chi connectivity index (χ2n) is 37.1. The summed E-state index contributed by atoms with van der Waals surface area (Å²) < 4.78 is 0. The maximum atomic E-state index is 2.72. The average Bonchev–Trinajstić information content (AvgIpc) is 0.695. The SMILES string of the molecule is CC(C)(C)c1ccc(-c2cc3c4c(c2)N(c2ccccc2-c2ccccc2)c2cc(-c5cc(C(C)(C)C)cc(C(C)(C)C)c5)ccc2B4c2cc(-c4cc([Si](c5ccccc5)(c5ccccc5)c5cccc(-c6ccccc6)c5)cc([Si](c5ccccc5)(c5ccccc5)c5cccc(-c6ccccc6)c5)c4)ccc2N3c2ccccc2-c2ccccc2)cc1. The minimum atomic E-state index is -3.51. The number of hydrogen-bond acceptors (Lipinski definition) is 2. The molecular formula is C120H101BN2Si2. The molecule has 0 aliphatic carbocycles. The van der Waals surface area contributed by atoms with Gasteiger partial charge in [-0.15, -0.1) is 0 Å². The van der Waals surface area contributed by atoms with E-state index in [9.17, 15) is 0 Å². The molecule has 2 aliphatic heterocycles. The summed E-state index contributed by atoms with van der Waals surface area (Å²) in [6.07, 6.45) is 0. The van der Waals surface area contributed by atoms with E-state index in [1.54, 1.807) is 0 Å². The number of rotatable bonds is 17. The Morgan fingerprint density at radius 2 is 0.480 bits per heavy atom. The molecular weight excluding hydrogens is 1540 g/mol. The zero-order chi connectivity index (χ0) is 85.2. The number of para-hydroxylation sites is 2. The molecule has 0 unspecified atom stereocenters. The van der Waals surface area contributed by atoms with Crippen LogP contribution in [0.15, 0.2) is 449 Å². The first-order chi connectivity index (χ1) is 60.9. The topological polar surface area (TPSA) is 6.48 Å². The Morgan fingerprint density at radius 1 is 0.176 bits per heavy atom. The standard InChI is InChI=1S/C120H101BN2Si2/c1-118(2,3)96-68-64-86(65-69-96)95-80-115-117-116(81-95)123(112-63-37-35-61-108(112)88-46-24-13-25-47-88)114-79-92(93-72-97(119(4,5)6)82-98(73-93)120(7,8)9)66-70-109(114)121(117)110-78-91(67-71-113(110)122(115)111-62-36-34-60-107(111)87-44-22-12-23-45-87)94-76-105(124(99-50-26-14-27-51-99,100-52-28-15-29-53-100)103-58-38-48-89(74-103)84-40-18-10-19-41-84)83-106(77-94)125(101-54-30-16-31-55-101,102-56-32-17-33-57-102)104-59-39-49-90(75-104)85-42-20-11-21-43-85/h10-83H,1-9H3. The Bertz CT molecular complexity index is 6700. The highest BCUT2D eigenvalue weighted by Crippen LogP contribution is 2.51. The minimum Gasteiger partial charge on any atom is -0.311 e. The Kier molecular flexibility index (Phi) is 20.6. The summed E-state index contributed by atoms with van der Waals surface area (Å²) in [5.41, 5.74) is 30.4. The zero-order valence-electron chi connectivity index (χ0n) is 72.7. The van der Waals surface area contributed by atoms with Gasteiger partial charge in [0, 0.05) is 33.9 Å². The Balaban J connectivity index is 0.942. The van der Waals surface area contributed by atoms with Crippen LogP contribution in [0.3, 0.4) is 0 Å². The van der Waals surface area contributed by atoms with Gasteiger partial charge in [0.05, 0.1) is 11.4 Å². The Hall–Kier alpha value is -13.9. The van der Waals surface area contributed by atoms with Crippen LogP contribution in [-0.4, -0.2) is 22.9 Å². The van der Waals surface area contributed by atoms with E-state index >= 15 is 0 Å². The Morgan fingerprint density at radius 3 is 0.904 bits per heavy atom. The van der Waals surface area contributed by atoms with Crippen LogP contribution in [0.1, 0.15) is 79.0 Å². The normalized spacial score (nSPS) is 12.6. The molecule has 5 heteroatoms. The highest BCUT2D eigenvalue weighted by atomic mass is 28.3. The molecule has 2 heterocycles. The molecule has 602 valence electrons. The van der Waals surface area contributed by atoms with Gasteiger partial charge in [0.1, 0.15) is 0 Å². The summed E-state index contributed by atoms with van der Waals surface area (Å²) >= 11 is 0. The average molecular weight is 1640 g/mol. The second-order valence-corrected chi connectivity index (χ2v) is 44.7. The van der Waals surface area contributed by atoms with Gasteiger partial charge in [-0.2, -0.15) is 0 Å². The zero-order valence-corrected chi connectivity index (χ0v) is 74.7. The molecule has 2 nitrogen and oxygen atoms in total. The first-order valence-corrected chi connectivity index (χ1v) is 48.2. The summed E-state index contributed by atoms with van der Waals surface area (Å²) in [7, 11) is -7.02. The number of anilines is 6. The molecule has 0 saturated heterocycles. The van der Waals surface area contributed by atoms with Gasteiger partial charge in [-0.1, -0.05) is 475 Å². The van der Waals surface area contributed by atoms with E-state index in [4.69, 9.17) is 0 Å². The highest BCUT2D eigenvalue weighted by Gasteiger charge is 2.49. The summed E-state index contributed by atoms with van der Waals surface area (Å²) in [5.74, 6) is 0. The van der Waals surface area contributed by atoms with Crippen LogP contribution < -0.4 is 67.7 Å². The van der Waals surface area contributed by atoms with Gasteiger partial charge in [0.25, 0.3) is 6.71 Å². The van der Waals surface area contributed by atoms with Gasteiger partial charge in [-0.25, -0.2) is 0 Å². The van der Waals surface area contributed by atoms with Crippen molar-refractivity contribution in [3.63, 3.8) is 0 Å². The molecule has 0 bridgehead atoms. The fourth-order valence-electron chi connectivity index (χ4n) is 20.0. The summed E-state index contributed by atoms with van der Waals surface area (Å²) in [6.45, 7) is 20.8. The van der Waals surface area contributed by atoms with Gasteiger partial charge in [-0.3, -0.25) is 0 Å².